The average Bonchev–Trinajstić information content (AvgIpc) is 2.52. The SMILES string of the molecule is C#N.NCC1CC1. The molecule has 0 aliphatic heterocycles. The summed E-state index contributed by atoms with van der Waals surface area (Å²) in [5.41, 5.74) is 5.23. The van der Waals surface area contributed by atoms with E-state index in [1.165, 1.54) is 12.8 Å². The van der Waals surface area contributed by atoms with Gasteiger partial charge in [-0.05, 0) is 25.3 Å². The van der Waals surface area contributed by atoms with E-state index in [0.29, 0.717) is 0 Å². The average molecular weight is 98.1 g/mol. The summed E-state index contributed by atoms with van der Waals surface area (Å²) in [6, 6.07) is 0. The van der Waals surface area contributed by atoms with Gasteiger partial charge in [0.25, 0.3) is 0 Å². The summed E-state index contributed by atoms with van der Waals surface area (Å²) in [5, 5.41) is 6.50. The van der Waals surface area contributed by atoms with Crippen molar-refractivity contribution in [2.75, 3.05) is 6.54 Å². The fourth-order valence-electron chi connectivity index (χ4n) is 0.354. The molecule has 0 heterocycles. The predicted molar refractivity (Wildman–Crippen MR) is 28.4 cm³/mol. The van der Waals surface area contributed by atoms with E-state index in [1.807, 2.05) is 0 Å². The predicted octanol–water partition coefficient (Wildman–Crippen LogP) is 0.495. The highest BCUT2D eigenvalue weighted by Gasteiger charge is 2.17. The highest BCUT2D eigenvalue weighted by Crippen LogP contribution is 2.26. The molecule has 1 saturated carbocycles. The van der Waals surface area contributed by atoms with Crippen LogP contribution in [0.3, 0.4) is 0 Å². The highest BCUT2D eigenvalue weighted by atomic mass is 14.6. The standard InChI is InChI=1S/C4H9N.CHN/c5-3-4-1-2-4;1-2/h4H,1-3,5H2;1H. The minimum absolute atomic E-state index is 0.912. The molecule has 40 valence electrons. The number of hydrogen-bond donors (Lipinski definition) is 1. The molecule has 0 unspecified atom stereocenters. The van der Waals surface area contributed by atoms with Gasteiger partial charge in [-0.2, -0.15) is 0 Å². The number of hydrogen-bond acceptors (Lipinski definition) is 2. The first kappa shape index (κ1) is 6.45. The van der Waals surface area contributed by atoms with Crippen LogP contribution in [-0.2, 0) is 0 Å². The van der Waals surface area contributed by atoms with Gasteiger partial charge in [-0.25, -0.2) is 5.26 Å². The van der Waals surface area contributed by atoms with Crippen molar-refractivity contribution in [1.29, 1.82) is 5.26 Å². The Morgan fingerprint density at radius 3 is 2.00 bits per heavy atom. The Kier molecular flexibility index (Phi) is 3.35. The molecule has 2 heteroatoms. The molecule has 0 spiro atoms. The molecule has 7 heavy (non-hydrogen) atoms. The quantitative estimate of drug-likeness (QED) is 0.519. The van der Waals surface area contributed by atoms with Gasteiger partial charge in [0.1, 0.15) is 0 Å². The normalized spacial score (nSPS) is 17.0. The zero-order valence-electron chi connectivity index (χ0n) is 4.30. The van der Waals surface area contributed by atoms with Crippen LogP contribution in [0, 0.1) is 17.8 Å². The largest absolute Gasteiger partial charge is 0.330 e. The molecule has 0 radical (unpaired) electrons. The van der Waals surface area contributed by atoms with Crippen LogP contribution in [0.4, 0.5) is 0 Å². The Labute approximate surface area is 43.9 Å². The van der Waals surface area contributed by atoms with Gasteiger partial charge in [-0.1, -0.05) is 0 Å². The van der Waals surface area contributed by atoms with Crippen molar-refractivity contribution in [1.82, 2.24) is 0 Å². The Hall–Kier alpha value is -0.550. The van der Waals surface area contributed by atoms with Gasteiger partial charge in [0.2, 0.25) is 0 Å². The number of nitriles is 1. The number of nitrogens with zero attached hydrogens (tertiary/aromatic N) is 1. The van der Waals surface area contributed by atoms with Crippen molar-refractivity contribution in [2.45, 2.75) is 12.8 Å². The van der Waals surface area contributed by atoms with E-state index in [2.05, 4.69) is 6.57 Å². The molecule has 0 bridgehead atoms. The van der Waals surface area contributed by atoms with E-state index in [4.69, 9.17) is 11.0 Å². The van der Waals surface area contributed by atoms with Gasteiger partial charge in [-0.3, -0.25) is 0 Å². The van der Waals surface area contributed by atoms with Gasteiger partial charge >= 0.3 is 0 Å². The molecule has 0 amide bonds. The molecule has 0 aromatic heterocycles. The van der Waals surface area contributed by atoms with Crippen LogP contribution in [0.15, 0.2) is 0 Å². The van der Waals surface area contributed by atoms with Crippen molar-refractivity contribution in [3.05, 3.63) is 0 Å². The lowest BCUT2D eigenvalue weighted by Gasteiger charge is -1.74. The second-order valence-corrected chi connectivity index (χ2v) is 1.68. The van der Waals surface area contributed by atoms with Gasteiger partial charge in [0, 0.05) is 6.57 Å². The Morgan fingerprint density at radius 1 is 1.57 bits per heavy atom. The smallest absolute Gasteiger partial charge is 0.0462 e. The second-order valence-electron chi connectivity index (χ2n) is 1.68. The summed E-state index contributed by atoms with van der Waals surface area (Å²) in [4.78, 5) is 0. The first-order valence-corrected chi connectivity index (χ1v) is 2.39. The van der Waals surface area contributed by atoms with Crippen LogP contribution in [0.25, 0.3) is 0 Å². The third kappa shape index (κ3) is 3.28. The molecule has 1 rings (SSSR count). The number of rotatable bonds is 1. The Bertz CT molecular complexity index is 54.3. The van der Waals surface area contributed by atoms with E-state index in [9.17, 15) is 0 Å². The highest BCUT2D eigenvalue weighted by molar-refractivity contribution is 4.72. The maximum atomic E-state index is 6.50. The van der Waals surface area contributed by atoms with Crippen molar-refractivity contribution in [2.24, 2.45) is 11.7 Å². The third-order valence-corrected chi connectivity index (χ3v) is 1.03. The van der Waals surface area contributed by atoms with Gasteiger partial charge in [0.05, 0.1) is 0 Å². The summed E-state index contributed by atoms with van der Waals surface area (Å²) >= 11 is 0. The minimum Gasteiger partial charge on any atom is -0.330 e. The van der Waals surface area contributed by atoms with Crippen molar-refractivity contribution < 1.29 is 0 Å². The van der Waals surface area contributed by atoms with Crippen molar-refractivity contribution >= 4 is 0 Å². The van der Waals surface area contributed by atoms with Crippen LogP contribution in [0.2, 0.25) is 0 Å². The summed E-state index contributed by atoms with van der Waals surface area (Å²) in [6.07, 6.45) is 2.77. The molecule has 0 saturated heterocycles. The van der Waals surface area contributed by atoms with E-state index in [-0.39, 0.29) is 0 Å². The summed E-state index contributed by atoms with van der Waals surface area (Å²) in [5.74, 6) is 0.912. The first-order chi connectivity index (χ1) is 3.43. The first-order valence-electron chi connectivity index (χ1n) is 2.39. The number of nitrogens with two attached hydrogens (primary N) is 1. The van der Waals surface area contributed by atoms with Crippen LogP contribution in [-0.4, -0.2) is 6.54 Å². The van der Waals surface area contributed by atoms with Crippen LogP contribution in [0.1, 0.15) is 12.8 Å². The fourth-order valence-corrected chi connectivity index (χ4v) is 0.354. The third-order valence-electron chi connectivity index (χ3n) is 1.03. The van der Waals surface area contributed by atoms with Crippen LogP contribution >= 0.6 is 0 Å². The fraction of sp³-hybridized carbons (Fsp3) is 0.800. The molecule has 0 aromatic rings. The van der Waals surface area contributed by atoms with Crippen molar-refractivity contribution in [3.63, 3.8) is 0 Å². The second kappa shape index (κ2) is 3.63. The van der Waals surface area contributed by atoms with Gasteiger partial charge < -0.3 is 5.73 Å². The Balaban J connectivity index is 0.000000162. The maximum Gasteiger partial charge on any atom is 0.0462 e. The summed E-state index contributed by atoms with van der Waals surface area (Å²) < 4.78 is 0. The Morgan fingerprint density at radius 2 is 2.00 bits per heavy atom. The minimum atomic E-state index is 0.912. The monoisotopic (exact) mass is 98.1 g/mol. The zero-order valence-corrected chi connectivity index (χ0v) is 4.30. The van der Waals surface area contributed by atoms with Gasteiger partial charge in [0.15, 0.2) is 0 Å². The molecular weight excluding hydrogens is 88.1 g/mol. The molecule has 0 atom stereocenters. The maximum absolute atomic E-state index is 6.50. The van der Waals surface area contributed by atoms with E-state index in [1.54, 1.807) is 0 Å². The zero-order chi connectivity index (χ0) is 5.70. The van der Waals surface area contributed by atoms with E-state index >= 15 is 0 Å². The van der Waals surface area contributed by atoms with Crippen molar-refractivity contribution in [3.8, 4) is 6.57 Å². The van der Waals surface area contributed by atoms with E-state index < -0.39 is 0 Å². The lowest BCUT2D eigenvalue weighted by Crippen LogP contribution is -1.98. The van der Waals surface area contributed by atoms with Crippen LogP contribution in [0.5, 0.6) is 0 Å². The molecule has 2 nitrogen and oxygen atoms in total. The molecule has 0 aromatic carbocycles. The lowest BCUT2D eigenvalue weighted by atomic mass is 10.5. The summed E-state index contributed by atoms with van der Waals surface area (Å²) in [6.45, 7) is 4.42. The molecular formula is C5H10N2. The molecule has 2 N–H and O–H groups in total. The summed E-state index contributed by atoms with van der Waals surface area (Å²) in [7, 11) is 0. The molecule has 1 fully saturated rings. The topological polar surface area (TPSA) is 49.8 Å². The van der Waals surface area contributed by atoms with Gasteiger partial charge in [-0.15, -0.1) is 0 Å². The molecule has 1 aliphatic carbocycles. The van der Waals surface area contributed by atoms with E-state index in [0.717, 1.165) is 12.5 Å². The molecule has 1 aliphatic rings. The lowest BCUT2D eigenvalue weighted by molar-refractivity contribution is 0.847. The van der Waals surface area contributed by atoms with Crippen LogP contribution < -0.4 is 5.73 Å².